The van der Waals surface area contributed by atoms with Gasteiger partial charge < -0.3 is 19.7 Å². The molecule has 1 aliphatic carbocycles. The van der Waals surface area contributed by atoms with Gasteiger partial charge in [-0.05, 0) is 54.7 Å². The molecule has 1 amide bonds. The maximum Gasteiger partial charge on any atom is 0.251 e. The highest BCUT2D eigenvalue weighted by molar-refractivity contribution is 5.95. The molecule has 0 bridgehead atoms. The summed E-state index contributed by atoms with van der Waals surface area (Å²) >= 11 is 0. The number of nitrogens with zero attached hydrogens (tertiary/aromatic N) is 1. The molecule has 0 aromatic heterocycles. The number of amides is 1. The van der Waals surface area contributed by atoms with Crippen LogP contribution < -0.4 is 19.7 Å². The zero-order valence-corrected chi connectivity index (χ0v) is 15.2. The van der Waals surface area contributed by atoms with Gasteiger partial charge >= 0.3 is 0 Å². The maximum atomic E-state index is 12.8. The number of carbonyl (C=O) groups is 1. The summed E-state index contributed by atoms with van der Waals surface area (Å²) in [5, 5.41) is 3.23. The van der Waals surface area contributed by atoms with E-state index in [0.717, 1.165) is 35.6 Å². The molecule has 1 N–H and O–H groups in total. The van der Waals surface area contributed by atoms with Gasteiger partial charge in [0.1, 0.15) is 13.2 Å². The SMILES string of the molecule is CN(C)c1cccc(C(=O)NC(c2ccc3c(c2)OCCO3)C2CC2)c1. The number of hydrogen-bond acceptors (Lipinski definition) is 4. The summed E-state index contributed by atoms with van der Waals surface area (Å²) in [5.74, 6) is 1.99. The van der Waals surface area contributed by atoms with Gasteiger partial charge in [-0.1, -0.05) is 12.1 Å². The first kappa shape index (κ1) is 16.8. The molecule has 1 unspecified atom stereocenters. The summed E-state index contributed by atoms with van der Waals surface area (Å²) in [6, 6.07) is 13.7. The number of ether oxygens (including phenoxy) is 2. The molecular formula is C21H24N2O3. The van der Waals surface area contributed by atoms with Gasteiger partial charge in [0.05, 0.1) is 6.04 Å². The number of benzene rings is 2. The fourth-order valence-corrected chi connectivity index (χ4v) is 3.31. The van der Waals surface area contributed by atoms with E-state index in [1.807, 2.05) is 61.5 Å². The van der Waals surface area contributed by atoms with E-state index >= 15 is 0 Å². The molecule has 136 valence electrons. The first-order valence-corrected chi connectivity index (χ1v) is 9.09. The van der Waals surface area contributed by atoms with Crippen LogP contribution in [0.5, 0.6) is 11.5 Å². The lowest BCUT2D eigenvalue weighted by Gasteiger charge is -2.23. The van der Waals surface area contributed by atoms with Gasteiger partial charge in [-0.2, -0.15) is 0 Å². The van der Waals surface area contributed by atoms with E-state index in [9.17, 15) is 4.79 Å². The van der Waals surface area contributed by atoms with Crippen LogP contribution in [0.2, 0.25) is 0 Å². The Morgan fingerprint density at radius 2 is 1.85 bits per heavy atom. The van der Waals surface area contributed by atoms with Gasteiger partial charge in [0.2, 0.25) is 0 Å². The second-order valence-corrected chi connectivity index (χ2v) is 7.14. The quantitative estimate of drug-likeness (QED) is 0.896. The zero-order chi connectivity index (χ0) is 18.1. The van der Waals surface area contributed by atoms with Crippen LogP contribution in [0.4, 0.5) is 5.69 Å². The van der Waals surface area contributed by atoms with Crippen LogP contribution in [0.15, 0.2) is 42.5 Å². The van der Waals surface area contributed by atoms with Crippen molar-refractivity contribution in [3.63, 3.8) is 0 Å². The molecule has 5 nitrogen and oxygen atoms in total. The lowest BCUT2D eigenvalue weighted by molar-refractivity contribution is 0.0931. The van der Waals surface area contributed by atoms with Crippen LogP contribution in [0.25, 0.3) is 0 Å². The van der Waals surface area contributed by atoms with E-state index in [1.165, 1.54) is 0 Å². The molecule has 1 saturated carbocycles. The average molecular weight is 352 g/mol. The zero-order valence-electron chi connectivity index (χ0n) is 15.2. The van der Waals surface area contributed by atoms with Crippen LogP contribution in [0, 0.1) is 5.92 Å². The Hall–Kier alpha value is -2.69. The van der Waals surface area contributed by atoms with Gasteiger partial charge in [0.25, 0.3) is 5.91 Å². The lowest BCUT2D eigenvalue weighted by Crippen LogP contribution is -2.30. The summed E-state index contributed by atoms with van der Waals surface area (Å²) < 4.78 is 11.3. The minimum atomic E-state index is -0.0412. The van der Waals surface area contributed by atoms with Crippen molar-refractivity contribution in [2.45, 2.75) is 18.9 Å². The minimum absolute atomic E-state index is 0.00124. The normalized spacial score (nSPS) is 16.7. The van der Waals surface area contributed by atoms with Crippen molar-refractivity contribution in [3.8, 4) is 11.5 Å². The Balaban J connectivity index is 1.56. The highest BCUT2D eigenvalue weighted by Crippen LogP contribution is 2.43. The Morgan fingerprint density at radius 1 is 1.08 bits per heavy atom. The van der Waals surface area contributed by atoms with Crippen molar-refractivity contribution in [3.05, 3.63) is 53.6 Å². The van der Waals surface area contributed by atoms with Crippen molar-refractivity contribution in [1.82, 2.24) is 5.32 Å². The molecular weight excluding hydrogens is 328 g/mol. The summed E-state index contributed by atoms with van der Waals surface area (Å²) in [6.07, 6.45) is 2.27. The molecule has 1 heterocycles. The first-order chi connectivity index (χ1) is 12.6. The van der Waals surface area contributed by atoms with Crippen molar-refractivity contribution < 1.29 is 14.3 Å². The second kappa shape index (κ2) is 6.90. The molecule has 0 radical (unpaired) electrons. The molecule has 2 aliphatic rings. The number of anilines is 1. The van der Waals surface area contributed by atoms with E-state index in [-0.39, 0.29) is 11.9 Å². The number of fused-ring (bicyclic) bond motifs is 1. The van der Waals surface area contributed by atoms with Crippen molar-refractivity contribution in [1.29, 1.82) is 0 Å². The van der Waals surface area contributed by atoms with Crippen LogP contribution >= 0.6 is 0 Å². The lowest BCUT2D eigenvalue weighted by atomic mass is 10.0. The van der Waals surface area contributed by atoms with Crippen LogP contribution in [0.1, 0.15) is 34.8 Å². The summed E-state index contributed by atoms with van der Waals surface area (Å²) in [6.45, 7) is 1.14. The highest BCUT2D eigenvalue weighted by Gasteiger charge is 2.34. The number of nitrogens with one attached hydrogen (secondary N) is 1. The van der Waals surface area contributed by atoms with Gasteiger partial charge in [-0.25, -0.2) is 0 Å². The van der Waals surface area contributed by atoms with Crippen molar-refractivity contribution in [2.24, 2.45) is 5.92 Å². The van der Waals surface area contributed by atoms with Crippen LogP contribution in [-0.2, 0) is 0 Å². The van der Waals surface area contributed by atoms with Crippen LogP contribution in [0.3, 0.4) is 0 Å². The molecule has 2 aromatic rings. The monoisotopic (exact) mass is 352 g/mol. The predicted octanol–water partition coefficient (Wildman–Crippen LogP) is 3.40. The summed E-state index contributed by atoms with van der Waals surface area (Å²) in [4.78, 5) is 14.8. The summed E-state index contributed by atoms with van der Waals surface area (Å²) in [5.41, 5.74) is 2.77. The average Bonchev–Trinajstić information content (AvgIpc) is 3.50. The Kier molecular flexibility index (Phi) is 4.45. The standard InChI is InChI=1S/C21H24N2O3/c1-23(2)17-5-3-4-16(12-17)21(24)22-20(14-6-7-14)15-8-9-18-19(13-15)26-11-10-25-18/h3-5,8-9,12-14,20H,6-7,10-11H2,1-2H3,(H,22,24). The molecule has 0 saturated heterocycles. The van der Waals surface area contributed by atoms with E-state index in [1.54, 1.807) is 0 Å². The van der Waals surface area contributed by atoms with Crippen molar-refractivity contribution >= 4 is 11.6 Å². The number of rotatable bonds is 5. The largest absolute Gasteiger partial charge is 0.486 e. The van der Waals surface area contributed by atoms with Gasteiger partial charge in [-0.15, -0.1) is 0 Å². The van der Waals surface area contributed by atoms with Crippen molar-refractivity contribution in [2.75, 3.05) is 32.2 Å². The van der Waals surface area contributed by atoms with Gasteiger partial charge in [0, 0.05) is 25.3 Å². The fourth-order valence-electron chi connectivity index (χ4n) is 3.31. The third-order valence-corrected chi connectivity index (χ3v) is 4.93. The van der Waals surface area contributed by atoms with Gasteiger partial charge in [-0.3, -0.25) is 4.79 Å². The molecule has 1 fully saturated rings. The number of carbonyl (C=O) groups excluding carboxylic acids is 1. The topological polar surface area (TPSA) is 50.8 Å². The third kappa shape index (κ3) is 3.47. The Morgan fingerprint density at radius 3 is 2.58 bits per heavy atom. The smallest absolute Gasteiger partial charge is 0.251 e. The van der Waals surface area contributed by atoms with Gasteiger partial charge in [0.15, 0.2) is 11.5 Å². The minimum Gasteiger partial charge on any atom is -0.486 e. The van der Waals surface area contributed by atoms with E-state index < -0.39 is 0 Å². The third-order valence-electron chi connectivity index (χ3n) is 4.93. The fraction of sp³-hybridized carbons (Fsp3) is 0.381. The number of hydrogen-bond donors (Lipinski definition) is 1. The molecule has 0 spiro atoms. The first-order valence-electron chi connectivity index (χ1n) is 9.09. The summed E-state index contributed by atoms with van der Waals surface area (Å²) in [7, 11) is 3.94. The molecule has 2 aromatic carbocycles. The Bertz CT molecular complexity index is 815. The van der Waals surface area contributed by atoms with E-state index in [4.69, 9.17) is 9.47 Å². The predicted molar refractivity (Wildman–Crippen MR) is 101 cm³/mol. The Labute approximate surface area is 153 Å². The molecule has 26 heavy (non-hydrogen) atoms. The van der Waals surface area contributed by atoms with Crippen LogP contribution in [-0.4, -0.2) is 33.2 Å². The van der Waals surface area contributed by atoms with E-state index in [0.29, 0.717) is 24.7 Å². The van der Waals surface area contributed by atoms with E-state index in [2.05, 4.69) is 5.32 Å². The second-order valence-electron chi connectivity index (χ2n) is 7.14. The molecule has 4 rings (SSSR count). The maximum absolute atomic E-state index is 12.8. The highest BCUT2D eigenvalue weighted by atomic mass is 16.6. The molecule has 1 atom stereocenters. The molecule has 5 heteroatoms. The molecule has 1 aliphatic heterocycles.